The molecule has 0 aliphatic carbocycles. The van der Waals surface area contributed by atoms with Crippen molar-refractivity contribution in [3.05, 3.63) is 36.0 Å². The van der Waals surface area contributed by atoms with Gasteiger partial charge in [0.1, 0.15) is 5.84 Å². The van der Waals surface area contributed by atoms with Gasteiger partial charge in [0.15, 0.2) is 0 Å². The Kier molecular flexibility index (Phi) is 1.59. The zero-order chi connectivity index (χ0) is 9.42. The van der Waals surface area contributed by atoms with Crippen molar-refractivity contribution in [2.24, 2.45) is 12.8 Å². The van der Waals surface area contributed by atoms with E-state index in [0.29, 0.717) is 0 Å². The molecule has 3 nitrogen and oxygen atoms in total. The molecular weight excluding hydrogens is 162 g/mol. The highest BCUT2D eigenvalue weighted by Crippen LogP contribution is 2.19. The number of hydrogen-bond donors (Lipinski definition) is 2. The van der Waals surface area contributed by atoms with E-state index in [9.17, 15) is 0 Å². The number of nitrogens with one attached hydrogen (secondary N) is 1. The van der Waals surface area contributed by atoms with Gasteiger partial charge in [-0.05, 0) is 6.07 Å². The lowest BCUT2D eigenvalue weighted by Crippen LogP contribution is -2.10. The van der Waals surface area contributed by atoms with Crippen molar-refractivity contribution in [2.45, 2.75) is 0 Å². The summed E-state index contributed by atoms with van der Waals surface area (Å²) in [6, 6.07) is 7.93. The van der Waals surface area contributed by atoms with E-state index in [0.717, 1.165) is 16.5 Å². The molecule has 2 rings (SSSR count). The Morgan fingerprint density at radius 1 is 1.38 bits per heavy atom. The minimum atomic E-state index is 0.122. The van der Waals surface area contributed by atoms with Gasteiger partial charge in [-0.15, -0.1) is 0 Å². The zero-order valence-electron chi connectivity index (χ0n) is 7.41. The summed E-state index contributed by atoms with van der Waals surface area (Å²) in [5, 5.41) is 8.43. The number of benzene rings is 1. The third kappa shape index (κ3) is 1.09. The summed E-state index contributed by atoms with van der Waals surface area (Å²) >= 11 is 0. The number of hydrogen-bond acceptors (Lipinski definition) is 1. The second-order valence-corrected chi connectivity index (χ2v) is 3.08. The van der Waals surface area contributed by atoms with E-state index in [4.69, 9.17) is 11.1 Å². The highest BCUT2D eigenvalue weighted by molar-refractivity contribution is 6.07. The fraction of sp³-hybridized carbons (Fsp3) is 0.100. The zero-order valence-corrected chi connectivity index (χ0v) is 7.41. The molecule has 3 N–H and O–H groups in total. The fourth-order valence-corrected chi connectivity index (χ4v) is 1.56. The van der Waals surface area contributed by atoms with Crippen molar-refractivity contribution in [3.8, 4) is 0 Å². The standard InChI is InChI=1S/C10H11N3/c1-13-6-8(10(11)12)7-4-2-3-5-9(7)13/h2-6H,1H3,(H3,11,12). The molecule has 3 heteroatoms. The average Bonchev–Trinajstić information content (AvgIpc) is 2.45. The Bertz CT molecular complexity index is 468. The first-order chi connectivity index (χ1) is 6.20. The largest absolute Gasteiger partial charge is 0.384 e. The number of rotatable bonds is 1. The van der Waals surface area contributed by atoms with Crippen molar-refractivity contribution in [1.29, 1.82) is 5.41 Å². The van der Waals surface area contributed by atoms with E-state index < -0.39 is 0 Å². The molecular formula is C10H11N3. The molecule has 0 saturated heterocycles. The van der Waals surface area contributed by atoms with Crippen LogP contribution in [0.4, 0.5) is 0 Å². The van der Waals surface area contributed by atoms with E-state index in [-0.39, 0.29) is 5.84 Å². The third-order valence-electron chi connectivity index (χ3n) is 2.19. The van der Waals surface area contributed by atoms with Crippen LogP contribution < -0.4 is 5.73 Å². The van der Waals surface area contributed by atoms with Gasteiger partial charge < -0.3 is 10.3 Å². The quantitative estimate of drug-likeness (QED) is 0.498. The van der Waals surface area contributed by atoms with E-state index in [2.05, 4.69) is 0 Å². The Morgan fingerprint density at radius 3 is 2.77 bits per heavy atom. The predicted molar refractivity (Wildman–Crippen MR) is 53.9 cm³/mol. The van der Waals surface area contributed by atoms with Gasteiger partial charge >= 0.3 is 0 Å². The average molecular weight is 173 g/mol. The third-order valence-corrected chi connectivity index (χ3v) is 2.19. The first kappa shape index (κ1) is 7.86. The number of para-hydroxylation sites is 1. The molecule has 0 radical (unpaired) electrons. The number of fused-ring (bicyclic) bond motifs is 1. The smallest absolute Gasteiger partial charge is 0.124 e. The summed E-state index contributed by atoms with van der Waals surface area (Å²) in [5.74, 6) is 0.122. The van der Waals surface area contributed by atoms with E-state index in [1.807, 2.05) is 42.1 Å². The molecule has 0 aliphatic rings. The van der Waals surface area contributed by atoms with Crippen LogP contribution in [0, 0.1) is 5.41 Å². The number of nitrogens with zero attached hydrogens (tertiary/aromatic N) is 1. The van der Waals surface area contributed by atoms with Crippen LogP contribution in [0.15, 0.2) is 30.5 Å². The topological polar surface area (TPSA) is 54.8 Å². The highest BCUT2D eigenvalue weighted by atomic mass is 14.9. The van der Waals surface area contributed by atoms with Gasteiger partial charge in [-0.3, -0.25) is 5.41 Å². The first-order valence-electron chi connectivity index (χ1n) is 4.08. The Balaban J connectivity index is 2.85. The molecule has 1 aromatic carbocycles. The summed E-state index contributed by atoms with van der Waals surface area (Å²) in [6.45, 7) is 0. The van der Waals surface area contributed by atoms with Crippen molar-refractivity contribution in [2.75, 3.05) is 0 Å². The van der Waals surface area contributed by atoms with Crippen LogP contribution in [0.25, 0.3) is 10.9 Å². The first-order valence-corrected chi connectivity index (χ1v) is 4.08. The number of nitrogens with two attached hydrogens (primary N) is 1. The van der Waals surface area contributed by atoms with Crippen molar-refractivity contribution >= 4 is 16.7 Å². The Hall–Kier alpha value is -1.77. The SMILES string of the molecule is Cn1cc(C(=N)N)c2ccccc21. The number of nitrogen functional groups attached to an aromatic ring is 1. The van der Waals surface area contributed by atoms with Gasteiger partial charge in [-0.2, -0.15) is 0 Å². The Labute approximate surface area is 76.3 Å². The second-order valence-electron chi connectivity index (χ2n) is 3.08. The maximum atomic E-state index is 7.40. The van der Waals surface area contributed by atoms with Crippen LogP contribution in [0.3, 0.4) is 0 Å². The molecule has 0 spiro atoms. The summed E-state index contributed by atoms with van der Waals surface area (Å²) < 4.78 is 1.98. The maximum absolute atomic E-state index is 7.40. The van der Waals surface area contributed by atoms with Gasteiger partial charge in [0, 0.05) is 29.7 Å². The summed E-state index contributed by atoms with van der Waals surface area (Å²) in [6.07, 6.45) is 1.88. The van der Waals surface area contributed by atoms with E-state index in [1.165, 1.54) is 0 Å². The lowest BCUT2D eigenvalue weighted by atomic mass is 10.2. The van der Waals surface area contributed by atoms with Crippen LogP contribution in [0.2, 0.25) is 0 Å². The van der Waals surface area contributed by atoms with Crippen molar-refractivity contribution in [1.82, 2.24) is 4.57 Å². The molecule has 0 fully saturated rings. The molecule has 66 valence electrons. The molecule has 0 bridgehead atoms. The predicted octanol–water partition coefficient (Wildman–Crippen LogP) is 1.46. The van der Waals surface area contributed by atoms with E-state index in [1.54, 1.807) is 0 Å². The summed E-state index contributed by atoms with van der Waals surface area (Å²) in [7, 11) is 1.95. The lowest BCUT2D eigenvalue weighted by molar-refractivity contribution is 0.967. The van der Waals surface area contributed by atoms with Gasteiger partial charge in [-0.25, -0.2) is 0 Å². The fourth-order valence-electron chi connectivity index (χ4n) is 1.56. The van der Waals surface area contributed by atoms with Crippen LogP contribution in [0.1, 0.15) is 5.56 Å². The van der Waals surface area contributed by atoms with E-state index >= 15 is 0 Å². The van der Waals surface area contributed by atoms with Crippen LogP contribution >= 0.6 is 0 Å². The number of amidine groups is 1. The van der Waals surface area contributed by atoms with Gasteiger partial charge in [-0.1, -0.05) is 18.2 Å². The van der Waals surface area contributed by atoms with Crippen molar-refractivity contribution in [3.63, 3.8) is 0 Å². The lowest BCUT2D eigenvalue weighted by Gasteiger charge is -1.93. The van der Waals surface area contributed by atoms with Gasteiger partial charge in [0.25, 0.3) is 0 Å². The van der Waals surface area contributed by atoms with Gasteiger partial charge in [0.2, 0.25) is 0 Å². The number of aryl methyl sites for hydroxylation is 1. The molecule has 2 aromatic rings. The molecule has 1 heterocycles. The summed E-state index contributed by atoms with van der Waals surface area (Å²) in [4.78, 5) is 0. The van der Waals surface area contributed by atoms with Crippen LogP contribution in [-0.2, 0) is 7.05 Å². The normalized spacial score (nSPS) is 10.5. The molecule has 0 saturated carbocycles. The molecule has 13 heavy (non-hydrogen) atoms. The van der Waals surface area contributed by atoms with Crippen LogP contribution in [0.5, 0.6) is 0 Å². The molecule has 0 atom stereocenters. The maximum Gasteiger partial charge on any atom is 0.124 e. The molecule has 0 aliphatic heterocycles. The minimum Gasteiger partial charge on any atom is -0.384 e. The summed E-state index contributed by atoms with van der Waals surface area (Å²) in [5.41, 5.74) is 7.37. The van der Waals surface area contributed by atoms with Crippen LogP contribution in [-0.4, -0.2) is 10.4 Å². The Morgan fingerprint density at radius 2 is 2.08 bits per heavy atom. The van der Waals surface area contributed by atoms with Crippen molar-refractivity contribution < 1.29 is 0 Å². The van der Waals surface area contributed by atoms with Gasteiger partial charge in [0.05, 0.1) is 0 Å². The number of aromatic nitrogens is 1. The molecule has 1 aromatic heterocycles. The monoisotopic (exact) mass is 173 g/mol. The molecule has 0 amide bonds. The highest BCUT2D eigenvalue weighted by Gasteiger charge is 2.06. The molecule has 0 unspecified atom stereocenters. The minimum absolute atomic E-state index is 0.122. The second kappa shape index (κ2) is 2.62.